The zero-order valence-corrected chi connectivity index (χ0v) is 15.3. The van der Waals surface area contributed by atoms with Crippen LogP contribution >= 0.6 is 27.5 Å². The summed E-state index contributed by atoms with van der Waals surface area (Å²) in [6.07, 6.45) is 3.03. The molecule has 0 aromatic heterocycles. The van der Waals surface area contributed by atoms with Crippen molar-refractivity contribution in [1.29, 1.82) is 0 Å². The Hall–Kier alpha value is -2.11. The van der Waals surface area contributed by atoms with E-state index >= 15 is 0 Å². The zero-order chi connectivity index (χ0) is 17.5. The van der Waals surface area contributed by atoms with Crippen LogP contribution in [0.25, 0.3) is 6.08 Å². The molecule has 0 heterocycles. The van der Waals surface area contributed by atoms with Crippen LogP contribution in [-0.2, 0) is 9.59 Å². The van der Waals surface area contributed by atoms with Gasteiger partial charge in [-0.2, -0.15) is 0 Å². The highest BCUT2D eigenvalue weighted by atomic mass is 79.9. The van der Waals surface area contributed by atoms with Crippen molar-refractivity contribution < 1.29 is 9.59 Å². The number of halogens is 2. The Labute approximate surface area is 154 Å². The van der Waals surface area contributed by atoms with E-state index in [-0.39, 0.29) is 18.4 Å². The molecule has 2 N–H and O–H groups in total. The van der Waals surface area contributed by atoms with Crippen LogP contribution in [0.15, 0.2) is 53.0 Å². The van der Waals surface area contributed by atoms with Crippen LogP contribution in [0.3, 0.4) is 0 Å². The fraction of sp³-hybridized carbons (Fsp3) is 0.111. The molecular formula is C18H16BrClN2O2. The molecular weight excluding hydrogens is 392 g/mol. The van der Waals surface area contributed by atoms with Gasteiger partial charge in [0, 0.05) is 21.3 Å². The molecule has 2 rings (SSSR count). The van der Waals surface area contributed by atoms with Gasteiger partial charge in [-0.05, 0) is 54.5 Å². The first-order valence-corrected chi connectivity index (χ1v) is 8.38. The summed E-state index contributed by atoms with van der Waals surface area (Å²) >= 11 is 9.16. The number of carbonyl (C=O) groups excluding carboxylic acids is 2. The van der Waals surface area contributed by atoms with E-state index in [2.05, 4.69) is 26.6 Å². The number of hydrogen-bond donors (Lipinski definition) is 2. The maximum atomic E-state index is 11.9. The number of benzene rings is 2. The molecule has 0 unspecified atom stereocenters. The number of rotatable bonds is 5. The lowest BCUT2D eigenvalue weighted by molar-refractivity contribution is -0.121. The summed E-state index contributed by atoms with van der Waals surface area (Å²) in [5, 5.41) is 5.94. The van der Waals surface area contributed by atoms with Gasteiger partial charge in [0.25, 0.3) is 0 Å². The van der Waals surface area contributed by atoms with Gasteiger partial charge in [0.15, 0.2) is 0 Å². The average molecular weight is 408 g/mol. The molecule has 124 valence electrons. The quantitative estimate of drug-likeness (QED) is 0.731. The van der Waals surface area contributed by atoms with Crippen LogP contribution in [0.5, 0.6) is 0 Å². The molecule has 4 nitrogen and oxygen atoms in total. The van der Waals surface area contributed by atoms with Crippen molar-refractivity contribution in [3.63, 3.8) is 0 Å². The molecule has 0 aliphatic heterocycles. The Kier molecular flexibility index (Phi) is 6.58. The highest BCUT2D eigenvalue weighted by molar-refractivity contribution is 9.10. The SMILES string of the molecule is Cc1cc(Br)ccc1NC(=O)CNC(=O)/C=C/c1ccc(Cl)cc1. The Morgan fingerprint density at radius 2 is 1.88 bits per heavy atom. The van der Waals surface area contributed by atoms with Gasteiger partial charge in [0.2, 0.25) is 11.8 Å². The molecule has 0 aliphatic rings. The summed E-state index contributed by atoms with van der Waals surface area (Å²) in [5.41, 5.74) is 2.50. The van der Waals surface area contributed by atoms with Gasteiger partial charge < -0.3 is 10.6 Å². The lowest BCUT2D eigenvalue weighted by atomic mass is 10.2. The Balaban J connectivity index is 1.82. The second-order valence-corrected chi connectivity index (χ2v) is 6.46. The lowest BCUT2D eigenvalue weighted by Crippen LogP contribution is -2.31. The van der Waals surface area contributed by atoms with Crippen molar-refractivity contribution >= 4 is 51.1 Å². The summed E-state index contributed by atoms with van der Waals surface area (Å²) in [7, 11) is 0. The summed E-state index contributed by atoms with van der Waals surface area (Å²) in [6, 6.07) is 12.6. The third-order valence-corrected chi connectivity index (χ3v) is 3.93. The summed E-state index contributed by atoms with van der Waals surface area (Å²) < 4.78 is 0.943. The van der Waals surface area contributed by atoms with Crippen LogP contribution in [0, 0.1) is 6.92 Å². The maximum Gasteiger partial charge on any atom is 0.244 e. The molecule has 2 aromatic carbocycles. The highest BCUT2D eigenvalue weighted by Gasteiger charge is 2.06. The zero-order valence-electron chi connectivity index (χ0n) is 13.0. The normalized spacial score (nSPS) is 10.6. The monoisotopic (exact) mass is 406 g/mol. The molecule has 2 aromatic rings. The van der Waals surface area contributed by atoms with Crippen LogP contribution in [0.2, 0.25) is 5.02 Å². The van der Waals surface area contributed by atoms with Gasteiger partial charge in [-0.25, -0.2) is 0 Å². The van der Waals surface area contributed by atoms with E-state index in [0.717, 1.165) is 15.6 Å². The lowest BCUT2D eigenvalue weighted by Gasteiger charge is -2.09. The number of amides is 2. The smallest absolute Gasteiger partial charge is 0.244 e. The molecule has 0 aliphatic carbocycles. The van der Waals surface area contributed by atoms with Crippen molar-refractivity contribution in [2.75, 3.05) is 11.9 Å². The number of nitrogens with one attached hydrogen (secondary N) is 2. The van der Waals surface area contributed by atoms with E-state index in [9.17, 15) is 9.59 Å². The fourth-order valence-corrected chi connectivity index (χ4v) is 2.54. The number of carbonyl (C=O) groups is 2. The molecule has 6 heteroatoms. The van der Waals surface area contributed by atoms with E-state index in [1.54, 1.807) is 36.4 Å². The molecule has 24 heavy (non-hydrogen) atoms. The molecule has 0 atom stereocenters. The molecule has 0 fully saturated rings. The molecule has 2 amide bonds. The van der Waals surface area contributed by atoms with E-state index in [0.29, 0.717) is 10.7 Å². The Bertz CT molecular complexity index is 773. The van der Waals surface area contributed by atoms with Crippen molar-refractivity contribution in [3.05, 3.63) is 69.2 Å². The number of hydrogen-bond acceptors (Lipinski definition) is 2. The number of anilines is 1. The third-order valence-electron chi connectivity index (χ3n) is 3.18. The summed E-state index contributed by atoms with van der Waals surface area (Å²) in [5.74, 6) is -0.624. The predicted molar refractivity (Wildman–Crippen MR) is 101 cm³/mol. The minimum Gasteiger partial charge on any atom is -0.343 e. The van der Waals surface area contributed by atoms with Gasteiger partial charge in [-0.1, -0.05) is 39.7 Å². The largest absolute Gasteiger partial charge is 0.343 e. The number of aryl methyl sites for hydroxylation is 1. The van der Waals surface area contributed by atoms with Crippen LogP contribution < -0.4 is 10.6 Å². The van der Waals surface area contributed by atoms with Gasteiger partial charge in [0.1, 0.15) is 0 Å². The maximum absolute atomic E-state index is 11.9. The van der Waals surface area contributed by atoms with Crippen molar-refractivity contribution in [3.8, 4) is 0 Å². The molecule has 0 saturated heterocycles. The minimum atomic E-state index is -0.340. The predicted octanol–water partition coefficient (Wildman–Crippen LogP) is 4.18. The Morgan fingerprint density at radius 1 is 1.17 bits per heavy atom. The first kappa shape index (κ1) is 18.2. The molecule has 0 spiro atoms. The molecule has 0 saturated carbocycles. The van der Waals surface area contributed by atoms with Crippen molar-refractivity contribution in [2.45, 2.75) is 6.92 Å². The highest BCUT2D eigenvalue weighted by Crippen LogP contribution is 2.19. The second-order valence-electron chi connectivity index (χ2n) is 5.11. The van der Waals surface area contributed by atoms with E-state index in [4.69, 9.17) is 11.6 Å². The topological polar surface area (TPSA) is 58.2 Å². The van der Waals surface area contributed by atoms with Crippen molar-refractivity contribution in [2.24, 2.45) is 0 Å². The molecule has 0 bridgehead atoms. The summed E-state index contributed by atoms with van der Waals surface area (Å²) in [6.45, 7) is 1.80. The fourth-order valence-electron chi connectivity index (χ4n) is 1.93. The van der Waals surface area contributed by atoms with Crippen LogP contribution in [0.1, 0.15) is 11.1 Å². The van der Waals surface area contributed by atoms with Gasteiger partial charge in [-0.3, -0.25) is 9.59 Å². The van der Waals surface area contributed by atoms with Crippen LogP contribution in [-0.4, -0.2) is 18.4 Å². The van der Waals surface area contributed by atoms with E-state index < -0.39 is 0 Å². The van der Waals surface area contributed by atoms with E-state index in [1.165, 1.54) is 6.08 Å². The second kappa shape index (κ2) is 8.66. The van der Waals surface area contributed by atoms with Crippen molar-refractivity contribution in [1.82, 2.24) is 5.32 Å². The first-order chi connectivity index (χ1) is 11.4. The van der Waals surface area contributed by atoms with Gasteiger partial charge in [-0.15, -0.1) is 0 Å². The molecule has 0 radical (unpaired) electrons. The standard InChI is InChI=1S/C18H16BrClN2O2/c1-12-10-14(19)5-8-16(12)22-18(24)11-21-17(23)9-4-13-2-6-15(20)7-3-13/h2-10H,11H2,1H3,(H,21,23)(H,22,24)/b9-4+. The minimum absolute atomic E-state index is 0.0979. The van der Waals surface area contributed by atoms with E-state index in [1.807, 2.05) is 19.1 Å². The van der Waals surface area contributed by atoms with Gasteiger partial charge in [0.05, 0.1) is 6.54 Å². The summed E-state index contributed by atoms with van der Waals surface area (Å²) in [4.78, 5) is 23.6. The first-order valence-electron chi connectivity index (χ1n) is 7.21. The average Bonchev–Trinajstić information content (AvgIpc) is 2.55. The van der Waals surface area contributed by atoms with Crippen LogP contribution in [0.4, 0.5) is 5.69 Å². The van der Waals surface area contributed by atoms with Gasteiger partial charge >= 0.3 is 0 Å². The third kappa shape index (κ3) is 5.83. The Morgan fingerprint density at radius 3 is 2.54 bits per heavy atom.